The molecule has 1 atom stereocenters. The molecule has 2 aromatic heterocycles. The molecule has 2 aromatic carbocycles. The number of amides is 2. The van der Waals surface area contributed by atoms with Crippen molar-refractivity contribution in [1.82, 2.24) is 35.7 Å². The van der Waals surface area contributed by atoms with Gasteiger partial charge in [0.25, 0.3) is 0 Å². The lowest BCUT2D eigenvalue weighted by Gasteiger charge is -2.13. The summed E-state index contributed by atoms with van der Waals surface area (Å²) in [4.78, 5) is 23.9. The van der Waals surface area contributed by atoms with Crippen molar-refractivity contribution in [1.29, 1.82) is 0 Å². The van der Waals surface area contributed by atoms with Gasteiger partial charge in [-0.1, -0.05) is 42.3 Å². The Hall–Kier alpha value is -4.35. The number of tetrazole rings is 1. The number of aryl methyl sites for hydroxylation is 1. The van der Waals surface area contributed by atoms with Crippen LogP contribution in [0.2, 0.25) is 10.2 Å². The number of nitrogens with zero attached hydrogens (tertiary/aromatic N) is 6. The predicted octanol–water partition coefficient (Wildman–Crippen LogP) is 5.00. The van der Waals surface area contributed by atoms with Crippen LogP contribution in [-0.4, -0.2) is 56.1 Å². The summed E-state index contributed by atoms with van der Waals surface area (Å²) in [5, 5.41) is 25.9. The van der Waals surface area contributed by atoms with Crippen molar-refractivity contribution >= 4 is 47.0 Å². The number of hydrogen-bond acceptors (Lipinski definition) is 8. The molecule has 2 amide bonds. The van der Waals surface area contributed by atoms with E-state index < -0.39 is 6.09 Å². The second-order valence-corrected chi connectivity index (χ2v) is 9.71. The predicted molar refractivity (Wildman–Crippen MR) is 152 cm³/mol. The van der Waals surface area contributed by atoms with Crippen LogP contribution in [0.25, 0.3) is 23.0 Å². The van der Waals surface area contributed by atoms with E-state index in [0.717, 1.165) is 17.5 Å². The van der Waals surface area contributed by atoms with E-state index in [2.05, 4.69) is 41.1 Å². The summed E-state index contributed by atoms with van der Waals surface area (Å²) in [7, 11) is 1.30. The third kappa shape index (κ3) is 7.84. The highest BCUT2D eigenvalue weighted by molar-refractivity contribution is 6.30. The maximum Gasteiger partial charge on any atom is 0.411 e. The number of anilines is 1. The zero-order valence-electron chi connectivity index (χ0n) is 21.7. The van der Waals surface area contributed by atoms with E-state index in [1.165, 1.54) is 24.2 Å². The van der Waals surface area contributed by atoms with Crippen LogP contribution in [0.4, 0.5) is 10.5 Å². The molecule has 11 nitrogen and oxygen atoms in total. The van der Waals surface area contributed by atoms with Crippen molar-refractivity contribution in [2.24, 2.45) is 5.92 Å². The molecular formula is C27H26Cl2N8O3. The second kappa shape index (κ2) is 13.6. The summed E-state index contributed by atoms with van der Waals surface area (Å²) in [6.45, 7) is 2.53. The minimum absolute atomic E-state index is 0.177. The smallest absolute Gasteiger partial charge is 0.411 e. The average molecular weight is 581 g/mol. The fourth-order valence-electron chi connectivity index (χ4n) is 3.77. The summed E-state index contributed by atoms with van der Waals surface area (Å²) in [6.07, 6.45) is 5.48. The molecule has 206 valence electrons. The van der Waals surface area contributed by atoms with Crippen molar-refractivity contribution < 1.29 is 14.3 Å². The van der Waals surface area contributed by atoms with Crippen molar-refractivity contribution in [3.8, 4) is 16.9 Å². The van der Waals surface area contributed by atoms with Crippen LogP contribution in [0, 0.1) is 5.92 Å². The summed E-state index contributed by atoms with van der Waals surface area (Å²) >= 11 is 12.5. The summed E-state index contributed by atoms with van der Waals surface area (Å²) in [5.74, 6) is -0.0535. The molecule has 0 bridgehead atoms. The van der Waals surface area contributed by atoms with Gasteiger partial charge in [-0.3, -0.25) is 10.1 Å². The van der Waals surface area contributed by atoms with Crippen LogP contribution in [0.5, 0.6) is 0 Å². The van der Waals surface area contributed by atoms with Gasteiger partial charge in [0.2, 0.25) is 5.91 Å². The molecule has 0 aliphatic rings. The number of aromatic nitrogens is 6. The van der Waals surface area contributed by atoms with Crippen LogP contribution in [-0.2, 0) is 16.0 Å². The highest BCUT2D eigenvalue weighted by atomic mass is 35.5. The fraction of sp³-hybridized carbons (Fsp3) is 0.222. The van der Waals surface area contributed by atoms with Crippen molar-refractivity contribution in [2.75, 3.05) is 19.0 Å². The first-order valence-electron chi connectivity index (χ1n) is 12.3. The Balaban J connectivity index is 1.31. The molecule has 0 saturated heterocycles. The zero-order valence-corrected chi connectivity index (χ0v) is 23.2. The minimum atomic E-state index is -0.543. The molecule has 4 aromatic rings. The van der Waals surface area contributed by atoms with Gasteiger partial charge >= 0.3 is 6.09 Å². The first-order valence-corrected chi connectivity index (χ1v) is 13.0. The Labute approximate surface area is 240 Å². The summed E-state index contributed by atoms with van der Waals surface area (Å²) < 4.78 is 6.10. The van der Waals surface area contributed by atoms with Gasteiger partial charge in [0.15, 0.2) is 5.15 Å². The normalized spacial score (nSPS) is 11.8. The highest BCUT2D eigenvalue weighted by Gasteiger charge is 2.11. The first kappa shape index (κ1) is 28.7. The molecule has 40 heavy (non-hydrogen) atoms. The Kier molecular flexibility index (Phi) is 9.76. The van der Waals surface area contributed by atoms with E-state index >= 15 is 0 Å². The van der Waals surface area contributed by atoms with E-state index in [1.807, 2.05) is 25.1 Å². The van der Waals surface area contributed by atoms with Gasteiger partial charge < -0.3 is 10.1 Å². The number of benzene rings is 2. The number of carbonyl (C=O) groups is 2. The van der Waals surface area contributed by atoms with Crippen LogP contribution in [0.3, 0.4) is 0 Å². The van der Waals surface area contributed by atoms with Gasteiger partial charge in [-0.15, -0.1) is 15.3 Å². The molecule has 4 rings (SSSR count). The second-order valence-electron chi connectivity index (χ2n) is 8.92. The number of carbonyl (C=O) groups excluding carboxylic acids is 2. The van der Waals surface area contributed by atoms with Crippen LogP contribution >= 0.6 is 23.2 Å². The van der Waals surface area contributed by atoms with Gasteiger partial charge in [-0.2, -0.15) is 4.68 Å². The Bertz CT molecular complexity index is 1490. The van der Waals surface area contributed by atoms with E-state index in [0.29, 0.717) is 45.8 Å². The molecule has 0 aliphatic carbocycles. The minimum Gasteiger partial charge on any atom is -0.453 e. The standard InChI is InChI=1S/C27H26Cl2N8O3/c1-17(15-30-25(38)12-7-19-13-21(28)8-11-24(19)37-16-31-35-36-37)3-4-20-14-23(33-34-26(20)29)18-5-9-22(10-6-18)32-27(39)40-2/h5-14,16-17H,3-4,15H2,1-2H3,(H,30,38)(H,32,39). The van der Waals surface area contributed by atoms with Gasteiger partial charge in [-0.05, 0) is 77.2 Å². The maximum atomic E-state index is 12.5. The molecule has 0 aliphatic heterocycles. The lowest BCUT2D eigenvalue weighted by Crippen LogP contribution is -2.26. The van der Waals surface area contributed by atoms with Crippen molar-refractivity contribution in [3.05, 3.63) is 82.2 Å². The number of hydrogen-bond donors (Lipinski definition) is 2. The Morgan fingerprint density at radius 2 is 1.90 bits per heavy atom. The van der Waals surface area contributed by atoms with Crippen LogP contribution in [0.1, 0.15) is 24.5 Å². The maximum absolute atomic E-state index is 12.5. The van der Waals surface area contributed by atoms with Crippen LogP contribution < -0.4 is 10.6 Å². The fourth-order valence-corrected chi connectivity index (χ4v) is 4.13. The number of methoxy groups -OCH3 is 1. The molecule has 1 unspecified atom stereocenters. The average Bonchev–Trinajstić information content (AvgIpc) is 3.50. The van der Waals surface area contributed by atoms with E-state index in [1.54, 1.807) is 36.4 Å². The largest absolute Gasteiger partial charge is 0.453 e. The lowest BCUT2D eigenvalue weighted by atomic mass is 10.0. The van der Waals surface area contributed by atoms with Crippen LogP contribution in [0.15, 0.2) is 60.9 Å². The van der Waals surface area contributed by atoms with E-state index in [9.17, 15) is 9.59 Å². The lowest BCUT2D eigenvalue weighted by molar-refractivity contribution is -0.116. The number of rotatable bonds is 10. The number of nitrogens with one attached hydrogen (secondary N) is 2. The molecule has 2 heterocycles. The van der Waals surface area contributed by atoms with Crippen molar-refractivity contribution in [2.45, 2.75) is 19.8 Å². The third-order valence-electron chi connectivity index (χ3n) is 5.96. The molecule has 0 fully saturated rings. The summed E-state index contributed by atoms with van der Waals surface area (Å²) in [6, 6.07) is 14.3. The highest BCUT2D eigenvalue weighted by Crippen LogP contribution is 2.24. The van der Waals surface area contributed by atoms with E-state index in [-0.39, 0.29) is 11.8 Å². The monoisotopic (exact) mass is 580 g/mol. The molecule has 0 saturated carbocycles. The van der Waals surface area contributed by atoms with E-state index in [4.69, 9.17) is 23.2 Å². The Morgan fingerprint density at radius 1 is 1.10 bits per heavy atom. The number of halogens is 2. The van der Waals surface area contributed by atoms with Gasteiger partial charge in [0, 0.05) is 34.5 Å². The molecule has 0 radical (unpaired) electrons. The van der Waals surface area contributed by atoms with Crippen molar-refractivity contribution in [3.63, 3.8) is 0 Å². The molecule has 2 N–H and O–H groups in total. The van der Waals surface area contributed by atoms with Gasteiger partial charge in [-0.25, -0.2) is 4.79 Å². The zero-order chi connectivity index (χ0) is 28.5. The molecule has 13 heteroatoms. The quantitative estimate of drug-likeness (QED) is 0.250. The Morgan fingerprint density at radius 3 is 2.62 bits per heavy atom. The topological polar surface area (TPSA) is 137 Å². The third-order valence-corrected chi connectivity index (χ3v) is 6.52. The summed E-state index contributed by atoms with van der Waals surface area (Å²) in [5.41, 5.74) is 4.35. The van der Waals surface area contributed by atoms with Gasteiger partial charge in [0.1, 0.15) is 6.33 Å². The first-order chi connectivity index (χ1) is 19.3. The van der Waals surface area contributed by atoms with Gasteiger partial charge in [0.05, 0.1) is 18.5 Å². The SMILES string of the molecule is COC(=O)Nc1ccc(-c2cc(CCC(C)CNC(=O)C=Cc3cc(Cl)ccc3-n3cnnn3)c(Cl)nn2)cc1. The molecular weight excluding hydrogens is 555 g/mol. The number of ether oxygens (including phenoxy) is 1. The molecule has 0 spiro atoms.